The molecule has 6 nitrogen and oxygen atoms in total. The fraction of sp³-hybridized carbons (Fsp3) is 0.870. The van der Waals surface area contributed by atoms with Crippen molar-refractivity contribution in [2.24, 2.45) is 0 Å². The smallest absolute Gasteiger partial charge is 0.306 e. The molecule has 0 heterocycles. The molecular formula is C69H128O6. The van der Waals surface area contributed by atoms with Gasteiger partial charge < -0.3 is 14.2 Å². The van der Waals surface area contributed by atoms with Gasteiger partial charge in [-0.15, -0.1) is 0 Å². The molecule has 75 heavy (non-hydrogen) atoms. The van der Waals surface area contributed by atoms with Crippen molar-refractivity contribution >= 4 is 17.9 Å². The maximum atomic E-state index is 12.8. The Morgan fingerprint density at radius 2 is 0.480 bits per heavy atom. The number of unbranched alkanes of at least 4 members (excludes halogenated alkanes) is 45. The summed E-state index contributed by atoms with van der Waals surface area (Å²) >= 11 is 0. The third-order valence-electron chi connectivity index (χ3n) is 15.1. The van der Waals surface area contributed by atoms with Gasteiger partial charge in [-0.25, -0.2) is 0 Å². The lowest BCUT2D eigenvalue weighted by molar-refractivity contribution is -0.167. The zero-order valence-electron chi connectivity index (χ0n) is 50.6. The molecule has 0 aliphatic rings. The van der Waals surface area contributed by atoms with E-state index in [9.17, 15) is 14.4 Å². The minimum Gasteiger partial charge on any atom is -0.462 e. The Hall–Kier alpha value is -2.37. The molecule has 0 aliphatic carbocycles. The average Bonchev–Trinajstić information content (AvgIpc) is 3.41. The second kappa shape index (κ2) is 64.2. The number of hydrogen-bond acceptors (Lipinski definition) is 6. The van der Waals surface area contributed by atoms with Crippen LogP contribution in [0.1, 0.15) is 367 Å². The molecule has 0 fully saturated rings. The highest BCUT2D eigenvalue weighted by molar-refractivity contribution is 5.71. The summed E-state index contributed by atoms with van der Waals surface area (Å²) in [6.45, 7) is 6.60. The maximum Gasteiger partial charge on any atom is 0.306 e. The number of rotatable bonds is 62. The Morgan fingerprint density at radius 3 is 0.747 bits per heavy atom. The highest BCUT2D eigenvalue weighted by Gasteiger charge is 2.19. The summed E-state index contributed by atoms with van der Waals surface area (Å²) in [4.78, 5) is 37.9. The van der Waals surface area contributed by atoms with Crippen molar-refractivity contribution in [1.29, 1.82) is 0 Å². The third-order valence-corrected chi connectivity index (χ3v) is 15.1. The van der Waals surface area contributed by atoms with Crippen LogP contribution in [0.2, 0.25) is 0 Å². The Balaban J connectivity index is 3.96. The zero-order chi connectivity index (χ0) is 54.3. The first-order valence-corrected chi connectivity index (χ1v) is 33.5. The van der Waals surface area contributed by atoms with Crippen LogP contribution in [-0.4, -0.2) is 37.2 Å². The minimum atomic E-state index is -0.768. The number of allylic oxidation sites excluding steroid dienone is 6. The highest BCUT2D eigenvalue weighted by atomic mass is 16.6. The van der Waals surface area contributed by atoms with Gasteiger partial charge in [0.05, 0.1) is 0 Å². The van der Waals surface area contributed by atoms with Crippen LogP contribution in [0, 0.1) is 0 Å². The molecule has 0 saturated carbocycles. The SMILES string of the molecule is CCCCCCC/C=C\C/C=C\CCCCCCCCCCCCCC(=O)OC(COC(=O)CCCCCCC)COC(=O)CCCCCCCCCCCCCCCCCCC/C=C\CCCCCCCCCC. The number of carbonyl (C=O) groups excluding carboxylic acids is 3. The quantitative estimate of drug-likeness (QED) is 0.0261. The van der Waals surface area contributed by atoms with E-state index in [1.807, 2.05) is 0 Å². The van der Waals surface area contributed by atoms with E-state index in [0.717, 1.165) is 70.6 Å². The lowest BCUT2D eigenvalue weighted by Gasteiger charge is -2.18. The summed E-state index contributed by atoms with van der Waals surface area (Å²) in [5.74, 6) is -0.864. The zero-order valence-corrected chi connectivity index (χ0v) is 50.6. The van der Waals surface area contributed by atoms with Crippen LogP contribution in [0.5, 0.6) is 0 Å². The van der Waals surface area contributed by atoms with Crippen LogP contribution in [0.3, 0.4) is 0 Å². The van der Waals surface area contributed by atoms with Crippen LogP contribution < -0.4 is 0 Å². The topological polar surface area (TPSA) is 78.9 Å². The fourth-order valence-electron chi connectivity index (χ4n) is 10.1. The summed E-state index contributed by atoms with van der Waals surface area (Å²) in [5.41, 5.74) is 0. The lowest BCUT2D eigenvalue weighted by atomic mass is 10.0. The first-order valence-electron chi connectivity index (χ1n) is 33.5. The van der Waals surface area contributed by atoms with E-state index in [1.54, 1.807) is 0 Å². The van der Waals surface area contributed by atoms with Gasteiger partial charge in [0.25, 0.3) is 0 Å². The van der Waals surface area contributed by atoms with Gasteiger partial charge in [-0.3, -0.25) is 14.4 Å². The molecule has 6 heteroatoms. The molecular weight excluding hydrogens is 925 g/mol. The summed E-state index contributed by atoms with van der Waals surface area (Å²) in [7, 11) is 0. The Morgan fingerprint density at radius 1 is 0.267 bits per heavy atom. The Kier molecular flexibility index (Phi) is 62.1. The molecule has 0 aromatic rings. The molecule has 1 unspecified atom stereocenters. The third kappa shape index (κ3) is 62.4. The second-order valence-corrected chi connectivity index (χ2v) is 22.7. The van der Waals surface area contributed by atoms with Crippen molar-refractivity contribution in [2.75, 3.05) is 13.2 Å². The first kappa shape index (κ1) is 72.6. The molecule has 0 aromatic heterocycles. The van der Waals surface area contributed by atoms with Gasteiger partial charge in [0.1, 0.15) is 13.2 Å². The average molecular weight is 1050 g/mol. The lowest BCUT2D eigenvalue weighted by Crippen LogP contribution is -2.30. The molecule has 0 amide bonds. The van der Waals surface area contributed by atoms with Gasteiger partial charge in [-0.1, -0.05) is 308 Å². The minimum absolute atomic E-state index is 0.0691. The van der Waals surface area contributed by atoms with Crippen LogP contribution >= 0.6 is 0 Å². The van der Waals surface area contributed by atoms with Gasteiger partial charge in [-0.2, -0.15) is 0 Å². The molecule has 0 bridgehead atoms. The predicted octanol–water partition coefficient (Wildman–Crippen LogP) is 22.8. The van der Waals surface area contributed by atoms with Crippen LogP contribution in [0.25, 0.3) is 0 Å². The van der Waals surface area contributed by atoms with Gasteiger partial charge >= 0.3 is 17.9 Å². The summed E-state index contributed by atoms with van der Waals surface area (Å²) in [6.07, 6.45) is 79.3. The first-order chi connectivity index (χ1) is 37.0. The van der Waals surface area contributed by atoms with Crippen molar-refractivity contribution in [3.8, 4) is 0 Å². The number of ether oxygens (including phenoxy) is 3. The molecule has 0 aromatic carbocycles. The molecule has 0 N–H and O–H groups in total. The summed E-state index contributed by atoms with van der Waals surface area (Å²) in [5, 5.41) is 0. The van der Waals surface area contributed by atoms with Crippen molar-refractivity contribution in [3.05, 3.63) is 36.5 Å². The number of hydrogen-bond donors (Lipinski definition) is 0. The fourth-order valence-corrected chi connectivity index (χ4v) is 10.1. The number of esters is 3. The van der Waals surface area contributed by atoms with E-state index >= 15 is 0 Å². The predicted molar refractivity (Wildman–Crippen MR) is 326 cm³/mol. The molecule has 0 rings (SSSR count). The van der Waals surface area contributed by atoms with E-state index in [-0.39, 0.29) is 31.1 Å². The molecule has 0 saturated heterocycles. The van der Waals surface area contributed by atoms with E-state index in [0.29, 0.717) is 19.3 Å². The molecule has 1 atom stereocenters. The Labute approximate surface area is 467 Å². The normalized spacial score (nSPS) is 12.2. The van der Waals surface area contributed by atoms with E-state index < -0.39 is 6.10 Å². The monoisotopic (exact) mass is 1050 g/mol. The summed E-state index contributed by atoms with van der Waals surface area (Å²) < 4.78 is 16.8. The van der Waals surface area contributed by atoms with Gasteiger partial charge in [-0.05, 0) is 77.0 Å². The highest BCUT2D eigenvalue weighted by Crippen LogP contribution is 2.18. The molecule has 440 valence electrons. The van der Waals surface area contributed by atoms with Crippen molar-refractivity contribution in [1.82, 2.24) is 0 Å². The van der Waals surface area contributed by atoms with Crippen molar-refractivity contribution in [3.63, 3.8) is 0 Å². The largest absolute Gasteiger partial charge is 0.462 e. The second-order valence-electron chi connectivity index (χ2n) is 22.7. The van der Waals surface area contributed by atoms with E-state index in [1.165, 1.54) is 257 Å². The van der Waals surface area contributed by atoms with E-state index in [2.05, 4.69) is 57.2 Å². The van der Waals surface area contributed by atoms with Crippen LogP contribution in [0.4, 0.5) is 0 Å². The van der Waals surface area contributed by atoms with Crippen molar-refractivity contribution in [2.45, 2.75) is 374 Å². The Bertz CT molecular complexity index is 1250. The van der Waals surface area contributed by atoms with Crippen LogP contribution in [0.15, 0.2) is 36.5 Å². The molecule has 0 radical (unpaired) electrons. The van der Waals surface area contributed by atoms with E-state index in [4.69, 9.17) is 14.2 Å². The standard InChI is InChI=1S/C69H128O6/c1-4-7-10-13-15-17-19-21-23-25-27-29-31-32-33-34-35-36-38-39-41-43-45-47-49-51-53-56-59-62-68(71)74-65-66(64-73-67(70)61-58-55-12-9-6-3)75-69(72)63-60-57-54-52-50-48-46-44-42-40-37-30-28-26-24-22-20-18-16-14-11-8-5-2/h20,22,25-28,66H,4-19,21,23-24,29-65H2,1-3H3/b22-20-,27-25-,28-26-. The van der Waals surface area contributed by atoms with Gasteiger partial charge in [0, 0.05) is 19.3 Å². The molecule has 0 spiro atoms. The molecule has 0 aliphatic heterocycles. The summed E-state index contributed by atoms with van der Waals surface area (Å²) in [6, 6.07) is 0. The number of carbonyl (C=O) groups is 3. The van der Waals surface area contributed by atoms with Crippen LogP contribution in [-0.2, 0) is 28.6 Å². The van der Waals surface area contributed by atoms with Crippen molar-refractivity contribution < 1.29 is 28.6 Å². The van der Waals surface area contributed by atoms with Gasteiger partial charge in [0.2, 0.25) is 0 Å². The van der Waals surface area contributed by atoms with Gasteiger partial charge in [0.15, 0.2) is 6.10 Å². The maximum absolute atomic E-state index is 12.8.